The lowest BCUT2D eigenvalue weighted by molar-refractivity contribution is -0.150. The summed E-state index contributed by atoms with van der Waals surface area (Å²) in [5, 5.41) is 10.9. The second-order valence-corrected chi connectivity index (χ2v) is 17.4. The molecule has 3 aliphatic heterocycles. The molecular weight excluding hydrogens is 721 g/mol. The fourth-order valence-corrected chi connectivity index (χ4v) is 10.8. The quantitative estimate of drug-likeness (QED) is 0.0981. The van der Waals surface area contributed by atoms with Crippen molar-refractivity contribution in [1.82, 2.24) is 15.2 Å². The molecule has 6 aromatic rings. The summed E-state index contributed by atoms with van der Waals surface area (Å²) in [6.45, 7) is 1.10. The lowest BCUT2D eigenvalue weighted by atomic mass is 9.66. The number of fused-ring (bicyclic) bond motifs is 1. The summed E-state index contributed by atoms with van der Waals surface area (Å²) in [5.41, 5.74) is 4.51. The van der Waals surface area contributed by atoms with E-state index >= 15 is 0 Å². The largest absolute Gasteiger partial charge is 0.459 e. The fourth-order valence-electron chi connectivity index (χ4n) is 9.15. The Bertz CT molecular complexity index is 2520. The molecule has 56 heavy (non-hydrogen) atoms. The number of para-hydroxylation sites is 1. The Morgan fingerprint density at radius 1 is 0.821 bits per heavy atom. The zero-order valence-corrected chi connectivity index (χ0v) is 31.6. The highest BCUT2D eigenvalue weighted by atomic mass is 32.2. The number of ether oxygens (including phenoxy) is 1. The molecule has 2 fully saturated rings. The van der Waals surface area contributed by atoms with Gasteiger partial charge in [0.1, 0.15) is 12.6 Å². The number of allylic oxidation sites excluding steroid dienone is 1. The molecular formula is C46H42N4O5S. The number of amides is 1. The normalized spacial score (nSPS) is 21.7. The van der Waals surface area contributed by atoms with E-state index in [0.29, 0.717) is 25.9 Å². The second kappa shape index (κ2) is 14.3. The molecule has 4 heterocycles. The summed E-state index contributed by atoms with van der Waals surface area (Å²) in [6, 6.07) is 45.5. The molecule has 0 bridgehead atoms. The highest BCUT2D eigenvalue weighted by molar-refractivity contribution is 7.91. The smallest absolute Gasteiger partial charge is 0.329 e. The van der Waals surface area contributed by atoms with Crippen molar-refractivity contribution in [2.45, 2.75) is 42.6 Å². The third-order valence-electron chi connectivity index (χ3n) is 11.8. The Kier molecular flexibility index (Phi) is 9.08. The van der Waals surface area contributed by atoms with Crippen molar-refractivity contribution in [3.8, 4) is 0 Å². The van der Waals surface area contributed by atoms with E-state index < -0.39 is 37.9 Å². The van der Waals surface area contributed by atoms with Gasteiger partial charge in [0.05, 0.1) is 27.6 Å². The third-order valence-corrected chi connectivity index (χ3v) is 13.8. The maximum Gasteiger partial charge on any atom is 0.329 e. The first-order valence-corrected chi connectivity index (χ1v) is 20.8. The molecule has 2 unspecified atom stereocenters. The number of hydrogen-bond acceptors (Lipinski definition) is 7. The van der Waals surface area contributed by atoms with Crippen LogP contribution in [0.4, 0.5) is 0 Å². The Morgan fingerprint density at radius 2 is 1.48 bits per heavy atom. The molecule has 3 aliphatic rings. The monoisotopic (exact) mass is 762 g/mol. The van der Waals surface area contributed by atoms with Crippen LogP contribution >= 0.6 is 0 Å². The Labute approximate surface area is 326 Å². The van der Waals surface area contributed by atoms with Crippen molar-refractivity contribution in [2.75, 3.05) is 23.9 Å². The van der Waals surface area contributed by atoms with Crippen LogP contribution in [0, 0.1) is 5.41 Å². The van der Waals surface area contributed by atoms with Crippen molar-refractivity contribution in [3.63, 3.8) is 0 Å². The van der Waals surface area contributed by atoms with Crippen LogP contribution in [0.5, 0.6) is 0 Å². The summed E-state index contributed by atoms with van der Waals surface area (Å²) in [4.78, 5) is 28.6. The van der Waals surface area contributed by atoms with Crippen LogP contribution < -0.4 is 10.3 Å². The van der Waals surface area contributed by atoms with Crippen LogP contribution in [0.2, 0.25) is 0 Å². The second-order valence-electron chi connectivity index (χ2n) is 15.2. The van der Waals surface area contributed by atoms with E-state index in [4.69, 9.17) is 9.84 Å². The molecule has 9 rings (SSSR count). The molecule has 1 amide bonds. The molecule has 2 saturated heterocycles. The Hall–Kier alpha value is -6.00. The van der Waals surface area contributed by atoms with E-state index in [2.05, 4.69) is 58.9 Å². The van der Waals surface area contributed by atoms with E-state index in [1.165, 1.54) is 0 Å². The van der Waals surface area contributed by atoms with Crippen LogP contribution in [0.25, 0.3) is 10.9 Å². The fraction of sp³-hybridized carbons (Fsp3) is 0.239. The van der Waals surface area contributed by atoms with Gasteiger partial charge in [-0.2, -0.15) is 9.89 Å². The van der Waals surface area contributed by atoms with Crippen molar-refractivity contribution >= 4 is 32.6 Å². The number of nitrogens with zero attached hydrogens (tertiary/aromatic N) is 3. The minimum atomic E-state index is -3.39. The zero-order chi connectivity index (χ0) is 38.3. The number of rotatable bonds is 9. The van der Waals surface area contributed by atoms with E-state index in [1.807, 2.05) is 102 Å². The predicted octanol–water partition coefficient (Wildman–Crippen LogP) is 6.79. The summed E-state index contributed by atoms with van der Waals surface area (Å²) in [7, 11) is -3.39. The van der Waals surface area contributed by atoms with Gasteiger partial charge in [-0.3, -0.25) is 9.80 Å². The molecule has 9 nitrogen and oxygen atoms in total. The molecule has 0 saturated carbocycles. The molecule has 5 aromatic carbocycles. The Balaban J connectivity index is 1.18. The van der Waals surface area contributed by atoms with E-state index in [1.54, 1.807) is 6.08 Å². The summed E-state index contributed by atoms with van der Waals surface area (Å²) >= 11 is 0. The van der Waals surface area contributed by atoms with Gasteiger partial charge in [-0.05, 0) is 46.7 Å². The molecule has 0 aliphatic carbocycles. The molecule has 1 N–H and O–H groups in total. The molecule has 282 valence electrons. The number of carbonyl (C=O) groups is 2. The van der Waals surface area contributed by atoms with Crippen LogP contribution in [0.15, 0.2) is 152 Å². The summed E-state index contributed by atoms with van der Waals surface area (Å²) < 4.78 is 32.7. The molecule has 1 spiro atoms. The van der Waals surface area contributed by atoms with Crippen LogP contribution in [-0.2, 0) is 36.2 Å². The average molecular weight is 763 g/mol. The number of nitrogens with one attached hydrogen (secondary N) is 1. The molecule has 1 aromatic heterocycles. The van der Waals surface area contributed by atoms with Crippen LogP contribution in [0.3, 0.4) is 0 Å². The van der Waals surface area contributed by atoms with Crippen molar-refractivity contribution in [2.24, 2.45) is 5.41 Å². The Morgan fingerprint density at radius 3 is 2.20 bits per heavy atom. The maximum atomic E-state index is 13.6. The van der Waals surface area contributed by atoms with Gasteiger partial charge >= 0.3 is 5.97 Å². The van der Waals surface area contributed by atoms with Gasteiger partial charge in [-0.25, -0.2) is 13.2 Å². The number of sulfone groups is 1. The third kappa shape index (κ3) is 6.09. The lowest BCUT2D eigenvalue weighted by Gasteiger charge is -2.36. The first-order chi connectivity index (χ1) is 27.3. The minimum absolute atomic E-state index is 0.0174. The predicted molar refractivity (Wildman–Crippen MR) is 216 cm³/mol. The number of benzene rings is 5. The van der Waals surface area contributed by atoms with Gasteiger partial charge in [0, 0.05) is 30.3 Å². The maximum absolute atomic E-state index is 13.6. The number of esters is 1. The van der Waals surface area contributed by atoms with E-state index in [9.17, 15) is 18.0 Å². The van der Waals surface area contributed by atoms with Crippen LogP contribution in [-0.4, -0.2) is 55.1 Å². The average Bonchev–Trinajstić information content (AvgIpc) is 3.93. The first-order valence-electron chi connectivity index (χ1n) is 19.1. The standard InChI is InChI=1S/C46H42N4O5S/c51-41-30-45(43(47-41)44(52)55-31-33-15-4-1-5-16-33)26-27-49(32-45)50-39-24-11-10-23-38(39)42(48-50)46(35-18-6-2-7-19-35,36-20-8-3-9-21-36)37-22-14-17-34(29-37)40-25-12-13-28-56(40,53)54/h1-24,29,40,43H,25-28,30-32H2,(H,47,51)/t40?,43-,45?/m0/s1. The van der Waals surface area contributed by atoms with Gasteiger partial charge in [0.25, 0.3) is 0 Å². The zero-order valence-electron chi connectivity index (χ0n) is 30.8. The minimum Gasteiger partial charge on any atom is -0.459 e. The van der Waals surface area contributed by atoms with Gasteiger partial charge < -0.3 is 10.1 Å². The van der Waals surface area contributed by atoms with Gasteiger partial charge in [0.2, 0.25) is 5.91 Å². The number of aromatic nitrogens is 2. The highest BCUT2D eigenvalue weighted by Crippen LogP contribution is 2.49. The first kappa shape index (κ1) is 35.7. The van der Waals surface area contributed by atoms with Crippen LogP contribution in [0.1, 0.15) is 58.0 Å². The summed E-state index contributed by atoms with van der Waals surface area (Å²) in [5.74, 6) is -0.583. The lowest BCUT2D eigenvalue weighted by Crippen LogP contribution is -2.47. The van der Waals surface area contributed by atoms with E-state index in [-0.39, 0.29) is 24.7 Å². The number of hydrogen-bond donors (Lipinski definition) is 1. The van der Waals surface area contributed by atoms with Crippen molar-refractivity contribution in [1.29, 1.82) is 0 Å². The highest BCUT2D eigenvalue weighted by Gasteiger charge is 2.55. The summed E-state index contributed by atoms with van der Waals surface area (Å²) in [6.07, 6.45) is 4.92. The van der Waals surface area contributed by atoms with Gasteiger partial charge in [0.15, 0.2) is 9.84 Å². The van der Waals surface area contributed by atoms with Gasteiger partial charge in [-0.1, -0.05) is 146 Å². The van der Waals surface area contributed by atoms with Gasteiger partial charge in [-0.15, -0.1) is 0 Å². The van der Waals surface area contributed by atoms with E-state index in [0.717, 1.165) is 44.4 Å². The molecule has 10 heteroatoms. The van der Waals surface area contributed by atoms with Crippen molar-refractivity contribution < 1.29 is 22.7 Å². The molecule has 0 radical (unpaired) electrons. The topological polar surface area (TPSA) is 111 Å². The molecule has 3 atom stereocenters. The number of carbonyl (C=O) groups excluding carboxylic acids is 2. The SMILES string of the molecule is O=C1CC2(CCN(n3nc(C(c4ccccc4)(c4ccccc4)c4cccc(C5CC=CCS5(=O)=O)c4)c4ccccc43)C2)[C@H](C(=O)OCc2ccccc2)N1. The van der Waals surface area contributed by atoms with Crippen molar-refractivity contribution in [3.05, 3.63) is 185 Å².